The molecule has 1 rings (SSSR count). The van der Waals surface area contributed by atoms with Crippen LogP contribution < -0.4 is 5.32 Å². The van der Waals surface area contributed by atoms with Crippen LogP contribution in [-0.2, 0) is 27.4 Å². The van der Waals surface area contributed by atoms with Crippen molar-refractivity contribution in [2.24, 2.45) is 0 Å². The normalized spacial score (nSPS) is 10.9. The first-order valence-corrected chi connectivity index (χ1v) is 6.15. The van der Waals surface area contributed by atoms with Crippen LogP contribution in [0.2, 0.25) is 0 Å². The quantitative estimate of drug-likeness (QED) is 0.559. The maximum absolute atomic E-state index is 11.5. The first-order valence-electron chi connectivity index (χ1n) is 6.15. The van der Waals surface area contributed by atoms with Gasteiger partial charge >= 0.3 is 5.97 Å². The Morgan fingerprint density at radius 1 is 1.50 bits per heavy atom. The zero-order chi connectivity index (χ0) is 13.4. The first kappa shape index (κ1) is 14.7. The van der Waals surface area contributed by atoms with Crippen molar-refractivity contribution < 1.29 is 14.3 Å². The summed E-state index contributed by atoms with van der Waals surface area (Å²) in [5.74, 6) is -0.209. The molecule has 5 heteroatoms. The van der Waals surface area contributed by atoms with Crippen molar-refractivity contribution >= 4 is 5.97 Å². The summed E-state index contributed by atoms with van der Waals surface area (Å²) in [6.45, 7) is 6.24. The van der Waals surface area contributed by atoms with Crippen LogP contribution in [0.4, 0.5) is 0 Å². The molecule has 5 nitrogen and oxygen atoms in total. The first-order chi connectivity index (χ1) is 8.61. The van der Waals surface area contributed by atoms with Gasteiger partial charge in [-0.25, -0.2) is 0 Å². The second-order valence-electron chi connectivity index (χ2n) is 4.40. The fourth-order valence-electron chi connectivity index (χ4n) is 1.55. The van der Waals surface area contributed by atoms with Crippen molar-refractivity contribution in [3.8, 4) is 0 Å². The van der Waals surface area contributed by atoms with Crippen molar-refractivity contribution in [1.82, 2.24) is 9.88 Å². The van der Waals surface area contributed by atoms with Gasteiger partial charge in [0.15, 0.2) is 0 Å². The third-order valence-electron chi connectivity index (χ3n) is 2.30. The number of methoxy groups -OCH3 is 1. The Morgan fingerprint density at radius 2 is 2.28 bits per heavy atom. The van der Waals surface area contributed by atoms with E-state index in [9.17, 15) is 4.79 Å². The summed E-state index contributed by atoms with van der Waals surface area (Å²) in [6, 6.07) is 1.99. The molecule has 1 aromatic rings. The summed E-state index contributed by atoms with van der Waals surface area (Å²) in [5, 5.41) is 3.25. The van der Waals surface area contributed by atoms with E-state index in [1.807, 2.05) is 36.9 Å². The number of rotatable bonds is 8. The molecule has 1 heterocycles. The predicted molar refractivity (Wildman–Crippen MR) is 69.2 cm³/mol. The molecule has 0 bridgehead atoms. The summed E-state index contributed by atoms with van der Waals surface area (Å²) in [5.41, 5.74) is 1.14. The maximum Gasteiger partial charge on any atom is 0.326 e. The number of carbonyl (C=O) groups excluding carboxylic acids is 1. The minimum atomic E-state index is -0.209. The van der Waals surface area contributed by atoms with Crippen LogP contribution in [0.5, 0.6) is 0 Å². The van der Waals surface area contributed by atoms with Crippen LogP contribution in [0.25, 0.3) is 0 Å². The average Bonchev–Trinajstić information content (AvgIpc) is 2.71. The molecule has 0 aliphatic rings. The maximum atomic E-state index is 11.5. The highest BCUT2D eigenvalue weighted by Crippen LogP contribution is 2.02. The molecule has 0 atom stereocenters. The summed E-state index contributed by atoms with van der Waals surface area (Å²) in [7, 11) is 1.68. The van der Waals surface area contributed by atoms with Crippen LogP contribution in [0.1, 0.15) is 19.4 Å². The monoisotopic (exact) mass is 254 g/mol. The van der Waals surface area contributed by atoms with Gasteiger partial charge in [0.1, 0.15) is 6.54 Å². The van der Waals surface area contributed by atoms with Gasteiger partial charge in [0, 0.05) is 32.6 Å². The smallest absolute Gasteiger partial charge is 0.326 e. The number of hydrogen-bond acceptors (Lipinski definition) is 4. The molecule has 0 spiro atoms. The summed E-state index contributed by atoms with van der Waals surface area (Å²) < 4.78 is 11.9. The van der Waals surface area contributed by atoms with Gasteiger partial charge in [-0.1, -0.05) is 0 Å². The highest BCUT2D eigenvalue weighted by atomic mass is 16.5. The van der Waals surface area contributed by atoms with E-state index in [0.717, 1.165) is 18.7 Å². The number of carbonyl (C=O) groups is 1. The largest absolute Gasteiger partial charge is 0.462 e. The van der Waals surface area contributed by atoms with E-state index in [1.54, 1.807) is 7.11 Å². The molecule has 1 aromatic heterocycles. The van der Waals surface area contributed by atoms with E-state index in [4.69, 9.17) is 9.47 Å². The molecule has 0 saturated carbocycles. The van der Waals surface area contributed by atoms with Crippen LogP contribution in [0.15, 0.2) is 18.5 Å². The zero-order valence-corrected chi connectivity index (χ0v) is 11.3. The van der Waals surface area contributed by atoms with Crippen molar-refractivity contribution in [2.75, 3.05) is 20.3 Å². The molecular formula is C13H22N2O3. The Labute approximate surface area is 108 Å². The second-order valence-corrected chi connectivity index (χ2v) is 4.40. The van der Waals surface area contributed by atoms with E-state index in [0.29, 0.717) is 6.61 Å². The van der Waals surface area contributed by atoms with E-state index in [2.05, 4.69) is 5.32 Å². The highest BCUT2D eigenvalue weighted by Gasteiger charge is 2.06. The molecule has 0 radical (unpaired) electrons. The number of esters is 1. The van der Waals surface area contributed by atoms with Crippen molar-refractivity contribution in [3.63, 3.8) is 0 Å². The molecule has 0 aliphatic carbocycles. The van der Waals surface area contributed by atoms with Crippen LogP contribution in [0.3, 0.4) is 0 Å². The van der Waals surface area contributed by atoms with E-state index in [1.165, 1.54) is 0 Å². The third-order valence-corrected chi connectivity index (χ3v) is 2.30. The lowest BCUT2D eigenvalue weighted by Crippen LogP contribution is -2.18. The molecule has 0 saturated heterocycles. The SMILES string of the molecule is COCCNCc1ccn(CC(=O)OC(C)C)c1. The summed E-state index contributed by atoms with van der Waals surface area (Å²) in [4.78, 5) is 11.5. The van der Waals surface area contributed by atoms with Crippen LogP contribution in [-0.4, -0.2) is 36.9 Å². The fraction of sp³-hybridized carbons (Fsp3) is 0.615. The highest BCUT2D eigenvalue weighted by molar-refractivity contribution is 5.69. The lowest BCUT2D eigenvalue weighted by molar-refractivity contribution is -0.148. The molecule has 1 N–H and O–H groups in total. The van der Waals surface area contributed by atoms with E-state index in [-0.39, 0.29) is 18.6 Å². The van der Waals surface area contributed by atoms with Gasteiger partial charge < -0.3 is 19.4 Å². The van der Waals surface area contributed by atoms with Gasteiger partial charge in [-0.2, -0.15) is 0 Å². The molecule has 0 amide bonds. The van der Waals surface area contributed by atoms with Crippen molar-refractivity contribution in [2.45, 2.75) is 33.0 Å². The molecule has 0 unspecified atom stereocenters. The van der Waals surface area contributed by atoms with Crippen molar-refractivity contribution in [1.29, 1.82) is 0 Å². The van der Waals surface area contributed by atoms with Crippen LogP contribution in [0, 0.1) is 0 Å². The Bertz CT molecular complexity index is 361. The fourth-order valence-corrected chi connectivity index (χ4v) is 1.55. The van der Waals surface area contributed by atoms with Gasteiger partial charge in [-0.15, -0.1) is 0 Å². The second kappa shape index (κ2) is 7.89. The van der Waals surface area contributed by atoms with Gasteiger partial charge in [-0.3, -0.25) is 4.79 Å². The standard InChI is InChI=1S/C13H22N2O3/c1-11(2)18-13(16)10-15-6-4-12(9-15)8-14-5-7-17-3/h4,6,9,11,14H,5,7-8,10H2,1-3H3. The summed E-state index contributed by atoms with van der Waals surface area (Å²) in [6.07, 6.45) is 3.76. The van der Waals surface area contributed by atoms with E-state index >= 15 is 0 Å². The Morgan fingerprint density at radius 3 is 2.94 bits per heavy atom. The average molecular weight is 254 g/mol. The molecule has 0 aromatic carbocycles. The Kier molecular flexibility index (Phi) is 6.46. The van der Waals surface area contributed by atoms with Crippen LogP contribution >= 0.6 is 0 Å². The number of aromatic nitrogens is 1. The van der Waals surface area contributed by atoms with Gasteiger partial charge in [-0.05, 0) is 25.5 Å². The minimum Gasteiger partial charge on any atom is -0.462 e. The van der Waals surface area contributed by atoms with Gasteiger partial charge in [0.25, 0.3) is 0 Å². The van der Waals surface area contributed by atoms with E-state index < -0.39 is 0 Å². The third kappa shape index (κ3) is 5.84. The molecular weight excluding hydrogens is 232 g/mol. The number of hydrogen-bond donors (Lipinski definition) is 1. The van der Waals surface area contributed by atoms with Crippen molar-refractivity contribution in [3.05, 3.63) is 24.0 Å². The molecule has 0 aliphatic heterocycles. The Hall–Kier alpha value is -1.33. The molecule has 18 heavy (non-hydrogen) atoms. The number of nitrogens with zero attached hydrogens (tertiary/aromatic N) is 1. The number of nitrogens with one attached hydrogen (secondary N) is 1. The van der Waals surface area contributed by atoms with Gasteiger partial charge in [0.05, 0.1) is 12.7 Å². The summed E-state index contributed by atoms with van der Waals surface area (Å²) >= 11 is 0. The Balaban J connectivity index is 2.31. The lowest BCUT2D eigenvalue weighted by Gasteiger charge is -2.08. The van der Waals surface area contributed by atoms with Gasteiger partial charge in [0.2, 0.25) is 0 Å². The zero-order valence-electron chi connectivity index (χ0n) is 11.3. The number of ether oxygens (including phenoxy) is 2. The predicted octanol–water partition coefficient (Wildman–Crippen LogP) is 1.18. The molecule has 0 fully saturated rings. The molecule has 102 valence electrons. The topological polar surface area (TPSA) is 52.5 Å². The lowest BCUT2D eigenvalue weighted by atomic mass is 10.3. The minimum absolute atomic E-state index is 0.0664.